The van der Waals surface area contributed by atoms with E-state index >= 15 is 0 Å². The number of benzene rings is 1. The number of carboxylic acid groups (broad SMARTS) is 1. The minimum atomic E-state index is -4.47. The van der Waals surface area contributed by atoms with E-state index in [4.69, 9.17) is 9.52 Å². The Bertz CT molecular complexity index is 839. The largest absolute Gasteiger partial charge is 0.478 e. The molecule has 3 rings (SSSR count). The summed E-state index contributed by atoms with van der Waals surface area (Å²) in [5, 5.41) is 8.94. The molecule has 1 aromatic carbocycles. The van der Waals surface area contributed by atoms with E-state index in [9.17, 15) is 22.8 Å². The summed E-state index contributed by atoms with van der Waals surface area (Å²) >= 11 is 0. The summed E-state index contributed by atoms with van der Waals surface area (Å²) in [6.07, 6.45) is -2.03. The minimum Gasteiger partial charge on any atom is -0.478 e. The third-order valence-corrected chi connectivity index (χ3v) is 4.35. The average molecular weight is 367 g/mol. The fourth-order valence-electron chi connectivity index (χ4n) is 2.83. The molecule has 8 heteroatoms. The topological polar surface area (TPSA) is 70.8 Å². The van der Waals surface area contributed by atoms with Crippen LogP contribution in [0.5, 0.6) is 0 Å². The molecule has 2 aromatic rings. The van der Waals surface area contributed by atoms with E-state index < -0.39 is 29.7 Å². The predicted octanol–water partition coefficient (Wildman–Crippen LogP) is 4.36. The summed E-state index contributed by atoms with van der Waals surface area (Å²) in [6.45, 7) is 1.65. The van der Waals surface area contributed by atoms with Gasteiger partial charge in [-0.25, -0.2) is 4.79 Å². The molecule has 1 aliphatic carbocycles. The highest BCUT2D eigenvalue weighted by Crippen LogP contribution is 2.37. The number of carbonyl (C=O) groups excluding carboxylic acids is 1. The summed E-state index contributed by atoms with van der Waals surface area (Å²) in [4.78, 5) is 25.2. The number of halogens is 3. The third kappa shape index (κ3) is 3.58. The molecule has 1 saturated carbocycles. The lowest BCUT2D eigenvalue weighted by Crippen LogP contribution is -2.35. The number of furan rings is 1. The number of hydrogen-bond acceptors (Lipinski definition) is 3. The lowest BCUT2D eigenvalue weighted by Gasteiger charge is -2.29. The zero-order valence-electron chi connectivity index (χ0n) is 13.8. The molecule has 0 radical (unpaired) electrons. The van der Waals surface area contributed by atoms with Crippen molar-refractivity contribution in [3.05, 3.63) is 59.0 Å². The molecule has 138 valence electrons. The Hall–Kier alpha value is -2.77. The van der Waals surface area contributed by atoms with Crippen LogP contribution in [-0.4, -0.2) is 27.9 Å². The van der Waals surface area contributed by atoms with Crippen LogP contribution in [0.3, 0.4) is 0 Å². The van der Waals surface area contributed by atoms with E-state index in [1.54, 1.807) is 6.92 Å². The maximum absolute atomic E-state index is 13.0. The number of aromatic carboxylic acids is 1. The number of nitrogens with zero attached hydrogens (tertiary/aromatic N) is 1. The first-order chi connectivity index (χ1) is 12.2. The van der Waals surface area contributed by atoms with E-state index in [1.807, 2.05) is 0 Å². The first kappa shape index (κ1) is 18.0. The van der Waals surface area contributed by atoms with Gasteiger partial charge in [-0.3, -0.25) is 4.79 Å². The van der Waals surface area contributed by atoms with E-state index in [0.717, 1.165) is 37.3 Å². The summed E-state index contributed by atoms with van der Waals surface area (Å²) in [6, 6.07) is 5.25. The number of hydrogen-bond donors (Lipinski definition) is 1. The van der Waals surface area contributed by atoms with Gasteiger partial charge in [0.1, 0.15) is 6.26 Å². The Morgan fingerprint density at radius 3 is 2.50 bits per heavy atom. The molecule has 1 aromatic heterocycles. The van der Waals surface area contributed by atoms with Gasteiger partial charge in [0.25, 0.3) is 5.91 Å². The van der Waals surface area contributed by atoms with Gasteiger partial charge < -0.3 is 14.4 Å². The van der Waals surface area contributed by atoms with Gasteiger partial charge in [0, 0.05) is 12.1 Å². The second kappa shape index (κ2) is 6.51. The van der Waals surface area contributed by atoms with Crippen molar-refractivity contribution in [1.82, 2.24) is 4.90 Å². The first-order valence-electron chi connectivity index (χ1n) is 8.00. The van der Waals surface area contributed by atoms with E-state index in [2.05, 4.69) is 0 Å². The highest BCUT2D eigenvalue weighted by atomic mass is 19.4. The number of alkyl halides is 3. The average Bonchev–Trinajstić information content (AvgIpc) is 3.28. The minimum absolute atomic E-state index is 0.106. The molecule has 0 spiro atoms. The molecule has 26 heavy (non-hydrogen) atoms. The normalized spacial score (nSPS) is 15.5. The number of carbonyl (C=O) groups is 2. The van der Waals surface area contributed by atoms with Gasteiger partial charge >= 0.3 is 12.1 Å². The first-order valence-corrected chi connectivity index (χ1v) is 8.00. The van der Waals surface area contributed by atoms with Gasteiger partial charge in [-0.2, -0.15) is 13.2 Å². The van der Waals surface area contributed by atoms with Gasteiger partial charge in [-0.15, -0.1) is 0 Å². The molecule has 1 heterocycles. The number of carboxylic acids is 1. The fraction of sp³-hybridized carbons (Fsp3) is 0.333. The van der Waals surface area contributed by atoms with Crippen molar-refractivity contribution in [2.24, 2.45) is 0 Å². The van der Waals surface area contributed by atoms with Crippen LogP contribution in [0.15, 0.2) is 41.0 Å². The molecule has 1 fully saturated rings. The van der Waals surface area contributed by atoms with Crippen molar-refractivity contribution >= 4 is 11.9 Å². The number of amides is 1. The van der Waals surface area contributed by atoms with Crippen LogP contribution in [-0.2, 0) is 6.18 Å². The maximum atomic E-state index is 13.0. The van der Waals surface area contributed by atoms with E-state index in [0.29, 0.717) is 5.56 Å². The van der Waals surface area contributed by atoms with Gasteiger partial charge in [0.15, 0.2) is 5.76 Å². The van der Waals surface area contributed by atoms with Gasteiger partial charge in [-0.1, -0.05) is 12.1 Å². The quantitative estimate of drug-likeness (QED) is 0.852. The second-order valence-corrected chi connectivity index (χ2v) is 6.25. The molecule has 0 saturated heterocycles. The van der Waals surface area contributed by atoms with Crippen LogP contribution in [0.2, 0.25) is 0 Å². The molecule has 5 nitrogen and oxygen atoms in total. The van der Waals surface area contributed by atoms with Crippen LogP contribution in [0.25, 0.3) is 0 Å². The van der Waals surface area contributed by atoms with Crippen molar-refractivity contribution in [3.63, 3.8) is 0 Å². The van der Waals surface area contributed by atoms with Crippen molar-refractivity contribution in [3.8, 4) is 0 Å². The van der Waals surface area contributed by atoms with Crippen LogP contribution in [0.4, 0.5) is 13.2 Å². The molecular weight excluding hydrogens is 351 g/mol. The summed E-state index contributed by atoms with van der Waals surface area (Å²) in [5.41, 5.74) is -0.586. The van der Waals surface area contributed by atoms with Crippen LogP contribution < -0.4 is 0 Å². The van der Waals surface area contributed by atoms with Crippen molar-refractivity contribution in [2.45, 2.75) is 38.0 Å². The molecule has 0 bridgehead atoms. The van der Waals surface area contributed by atoms with Crippen molar-refractivity contribution in [2.75, 3.05) is 0 Å². The number of rotatable bonds is 5. The van der Waals surface area contributed by atoms with Crippen LogP contribution >= 0.6 is 0 Å². The Morgan fingerprint density at radius 1 is 1.27 bits per heavy atom. The van der Waals surface area contributed by atoms with E-state index in [-0.39, 0.29) is 17.4 Å². The third-order valence-electron chi connectivity index (χ3n) is 4.35. The fourth-order valence-corrected chi connectivity index (χ4v) is 2.83. The summed E-state index contributed by atoms with van der Waals surface area (Å²) in [5.74, 6) is -1.91. The van der Waals surface area contributed by atoms with Gasteiger partial charge in [0.2, 0.25) is 0 Å². The maximum Gasteiger partial charge on any atom is 0.416 e. The monoisotopic (exact) mass is 367 g/mol. The molecule has 1 amide bonds. The van der Waals surface area contributed by atoms with Gasteiger partial charge in [0.05, 0.1) is 17.2 Å². The highest BCUT2D eigenvalue weighted by Gasteiger charge is 2.39. The highest BCUT2D eigenvalue weighted by molar-refractivity contribution is 5.96. The Labute approximate surface area is 147 Å². The molecule has 1 atom stereocenters. The lowest BCUT2D eigenvalue weighted by molar-refractivity contribution is -0.137. The van der Waals surface area contributed by atoms with Crippen molar-refractivity contribution < 1.29 is 32.3 Å². The molecular formula is C18H16F3NO4. The zero-order chi connectivity index (χ0) is 19.1. The standard InChI is InChI=1S/C18H16F3NO4/c1-10(11-3-2-4-13(7-11)18(19,20)21)22(14-5-6-14)16(23)15-8-12(9-26-15)17(24)25/h2-4,7-10,14H,5-6H2,1H3,(H,24,25). The predicted molar refractivity (Wildman–Crippen MR) is 84.7 cm³/mol. The SMILES string of the molecule is CC(c1cccc(C(F)(F)F)c1)N(C(=O)c1cc(C(=O)O)co1)C1CC1. The molecule has 1 aliphatic rings. The Morgan fingerprint density at radius 2 is 1.96 bits per heavy atom. The van der Waals surface area contributed by atoms with Crippen LogP contribution in [0.1, 0.15) is 57.8 Å². The summed E-state index contributed by atoms with van der Waals surface area (Å²) < 4.78 is 43.9. The summed E-state index contributed by atoms with van der Waals surface area (Å²) in [7, 11) is 0. The Balaban J connectivity index is 1.90. The molecule has 1 unspecified atom stereocenters. The second-order valence-electron chi connectivity index (χ2n) is 6.25. The van der Waals surface area contributed by atoms with Gasteiger partial charge in [-0.05, 0) is 37.5 Å². The van der Waals surface area contributed by atoms with Crippen LogP contribution in [0, 0.1) is 0 Å². The smallest absolute Gasteiger partial charge is 0.416 e. The lowest BCUT2D eigenvalue weighted by atomic mass is 10.0. The van der Waals surface area contributed by atoms with E-state index in [1.165, 1.54) is 17.0 Å². The molecule has 1 N–H and O–H groups in total. The van der Waals surface area contributed by atoms with Crippen molar-refractivity contribution in [1.29, 1.82) is 0 Å². The zero-order valence-corrected chi connectivity index (χ0v) is 13.8. The molecule has 0 aliphatic heterocycles. The Kier molecular flexibility index (Phi) is 4.52.